The third-order valence-electron chi connectivity index (χ3n) is 3.70. The summed E-state index contributed by atoms with van der Waals surface area (Å²) >= 11 is 0. The van der Waals surface area contributed by atoms with E-state index in [2.05, 4.69) is 10.3 Å². The van der Waals surface area contributed by atoms with E-state index in [4.69, 9.17) is 4.74 Å². The average molecular weight is 415 g/mol. The molecular weight excluding hydrogens is 395 g/mol. The summed E-state index contributed by atoms with van der Waals surface area (Å²) in [6.45, 7) is 4.91. The van der Waals surface area contributed by atoms with Crippen LogP contribution in [0.5, 0.6) is 0 Å². The van der Waals surface area contributed by atoms with Crippen LogP contribution in [0.25, 0.3) is 10.9 Å². The molecule has 0 unspecified atom stereocenters. The number of carbonyl (C=O) groups is 3. The van der Waals surface area contributed by atoms with Gasteiger partial charge in [-0.1, -0.05) is 6.07 Å². The monoisotopic (exact) mass is 415 g/mol. The molecule has 1 atom stereocenters. The molecule has 0 saturated heterocycles. The molecule has 1 aromatic carbocycles. The van der Waals surface area contributed by atoms with Crippen LogP contribution in [0.1, 0.15) is 26.3 Å². The molecule has 1 heterocycles. The van der Waals surface area contributed by atoms with E-state index in [1.165, 1.54) is 24.4 Å². The molecule has 0 spiro atoms. The number of nitrogens with one attached hydrogen (secondary N) is 3. The summed E-state index contributed by atoms with van der Waals surface area (Å²) in [6, 6.07) is 2.72. The van der Waals surface area contributed by atoms with Crippen molar-refractivity contribution in [2.45, 2.75) is 45.0 Å². The number of carboxylic acids is 1. The molecule has 29 heavy (non-hydrogen) atoms. The number of ether oxygens (including phenoxy) is 1. The number of anilines is 1. The first-order chi connectivity index (χ1) is 13.3. The molecule has 4 N–H and O–H groups in total. The van der Waals surface area contributed by atoms with Crippen molar-refractivity contribution in [3.63, 3.8) is 0 Å². The van der Waals surface area contributed by atoms with Gasteiger partial charge in [-0.05, 0) is 38.5 Å². The molecule has 0 bridgehead atoms. The fourth-order valence-electron chi connectivity index (χ4n) is 2.50. The van der Waals surface area contributed by atoms with Crippen LogP contribution in [0.15, 0.2) is 24.4 Å². The molecule has 0 aliphatic heterocycles. The van der Waals surface area contributed by atoms with Crippen molar-refractivity contribution >= 4 is 34.6 Å². The van der Waals surface area contributed by atoms with Crippen molar-refractivity contribution in [1.29, 1.82) is 0 Å². The highest BCUT2D eigenvalue weighted by Gasteiger charge is 2.38. The van der Waals surface area contributed by atoms with E-state index >= 15 is 0 Å². The molecule has 0 fully saturated rings. The summed E-state index contributed by atoms with van der Waals surface area (Å²) in [5.41, 5.74) is 0.0268. The number of carboxylic acid groups (broad SMARTS) is 1. The van der Waals surface area contributed by atoms with Crippen LogP contribution in [0, 0.1) is 0 Å². The molecule has 8 nitrogen and oxygen atoms in total. The van der Waals surface area contributed by atoms with E-state index in [1.807, 2.05) is 0 Å². The van der Waals surface area contributed by atoms with E-state index in [1.54, 1.807) is 26.1 Å². The Hall–Kier alpha value is -3.24. The molecule has 11 heteroatoms. The zero-order valence-electron chi connectivity index (χ0n) is 15.8. The van der Waals surface area contributed by atoms with Crippen LogP contribution in [-0.2, 0) is 20.7 Å². The second-order valence-electron chi connectivity index (χ2n) is 7.27. The minimum atomic E-state index is -5.02. The minimum absolute atomic E-state index is 0.0742. The van der Waals surface area contributed by atoms with Crippen molar-refractivity contribution in [2.24, 2.45) is 0 Å². The fraction of sp³-hybridized carbons (Fsp3) is 0.389. The van der Waals surface area contributed by atoms with E-state index in [0.29, 0.717) is 16.5 Å². The van der Waals surface area contributed by atoms with Gasteiger partial charge in [0.05, 0.1) is 0 Å². The number of halogens is 3. The summed E-state index contributed by atoms with van der Waals surface area (Å²) in [4.78, 5) is 37.2. The average Bonchev–Trinajstić information content (AvgIpc) is 2.93. The first-order valence-corrected chi connectivity index (χ1v) is 8.47. The lowest BCUT2D eigenvalue weighted by Gasteiger charge is -2.22. The molecule has 0 aliphatic rings. The summed E-state index contributed by atoms with van der Waals surface area (Å²) < 4.78 is 42.1. The van der Waals surface area contributed by atoms with Gasteiger partial charge in [-0.2, -0.15) is 13.2 Å². The molecule has 1 aromatic heterocycles. The van der Waals surface area contributed by atoms with Crippen LogP contribution < -0.4 is 10.6 Å². The number of rotatable bonds is 5. The number of carbonyl (C=O) groups excluding carboxylic acids is 2. The highest BCUT2D eigenvalue weighted by molar-refractivity contribution is 5.97. The Morgan fingerprint density at radius 2 is 1.86 bits per heavy atom. The van der Waals surface area contributed by atoms with Gasteiger partial charge in [-0.25, -0.2) is 9.59 Å². The van der Waals surface area contributed by atoms with Gasteiger partial charge >= 0.3 is 24.1 Å². The van der Waals surface area contributed by atoms with Gasteiger partial charge in [0.2, 0.25) is 0 Å². The maximum atomic E-state index is 12.4. The summed E-state index contributed by atoms with van der Waals surface area (Å²) in [5.74, 6) is -3.38. The van der Waals surface area contributed by atoms with Gasteiger partial charge in [-0.3, -0.25) is 4.79 Å². The molecular formula is C18H20F3N3O5. The molecule has 0 radical (unpaired) electrons. The predicted molar refractivity (Wildman–Crippen MR) is 97.5 cm³/mol. The maximum Gasteiger partial charge on any atom is 0.471 e. The lowest BCUT2D eigenvalue weighted by atomic mass is 10.0. The Morgan fingerprint density at radius 3 is 2.41 bits per heavy atom. The highest BCUT2D eigenvalue weighted by atomic mass is 19.4. The number of aromatic nitrogens is 1. The smallest absolute Gasteiger partial charge is 0.471 e. The van der Waals surface area contributed by atoms with E-state index in [9.17, 15) is 32.7 Å². The maximum absolute atomic E-state index is 12.4. The summed E-state index contributed by atoms with van der Waals surface area (Å²) in [7, 11) is 0. The zero-order valence-corrected chi connectivity index (χ0v) is 15.8. The Labute approximate surface area is 163 Å². The van der Waals surface area contributed by atoms with E-state index in [-0.39, 0.29) is 12.1 Å². The summed E-state index contributed by atoms with van der Waals surface area (Å²) in [6.07, 6.45) is -4.52. The Kier molecular flexibility index (Phi) is 6.10. The molecule has 2 aromatic rings. The first-order valence-electron chi connectivity index (χ1n) is 8.47. The van der Waals surface area contributed by atoms with Crippen LogP contribution in [0.3, 0.4) is 0 Å². The number of aliphatic carboxylic acids is 1. The van der Waals surface area contributed by atoms with E-state index < -0.39 is 35.8 Å². The number of aromatic amines is 1. The van der Waals surface area contributed by atoms with Crippen molar-refractivity contribution in [2.75, 3.05) is 5.32 Å². The first kappa shape index (κ1) is 22.1. The number of amides is 2. The number of hydrogen-bond donors (Lipinski definition) is 4. The minimum Gasteiger partial charge on any atom is -0.480 e. The molecule has 0 saturated carbocycles. The van der Waals surface area contributed by atoms with Crippen molar-refractivity contribution in [1.82, 2.24) is 10.3 Å². The quantitative estimate of drug-likeness (QED) is 0.598. The van der Waals surface area contributed by atoms with E-state index in [0.717, 1.165) is 0 Å². The third kappa shape index (κ3) is 6.13. The highest BCUT2D eigenvalue weighted by Crippen LogP contribution is 2.25. The van der Waals surface area contributed by atoms with Gasteiger partial charge in [0.15, 0.2) is 0 Å². The van der Waals surface area contributed by atoms with Crippen LogP contribution in [0.4, 0.5) is 23.7 Å². The number of H-pyrrole nitrogens is 1. The van der Waals surface area contributed by atoms with Gasteiger partial charge in [0.1, 0.15) is 11.6 Å². The standard InChI is InChI=1S/C18H20F3N3O5/c1-17(2,3)29-16(28)24-13(14(25)26)6-9-8-22-12-7-10(4-5-11(9)12)23-15(27)18(19,20)21/h4-5,7-8,13,22H,6H2,1-3H3,(H,23,27)(H,24,28)(H,25,26)/t13-/m0/s1. The number of benzene rings is 1. The van der Waals surface area contributed by atoms with Crippen molar-refractivity contribution < 1.29 is 37.4 Å². The topological polar surface area (TPSA) is 121 Å². The van der Waals surface area contributed by atoms with Crippen LogP contribution in [-0.4, -0.2) is 45.9 Å². The lowest BCUT2D eigenvalue weighted by molar-refractivity contribution is -0.167. The summed E-state index contributed by atoms with van der Waals surface area (Å²) in [5, 5.41) is 13.9. The van der Waals surface area contributed by atoms with Gasteiger partial charge in [-0.15, -0.1) is 0 Å². The molecule has 0 aliphatic carbocycles. The van der Waals surface area contributed by atoms with Gasteiger partial charge in [0, 0.05) is 29.2 Å². The SMILES string of the molecule is CC(C)(C)OC(=O)N[C@@H](Cc1c[nH]c2cc(NC(=O)C(F)(F)F)ccc12)C(=O)O. The fourth-order valence-corrected chi connectivity index (χ4v) is 2.50. The van der Waals surface area contributed by atoms with Crippen LogP contribution in [0.2, 0.25) is 0 Å². The zero-order chi connectivity index (χ0) is 22.0. The normalized spacial score (nSPS) is 13.0. The molecule has 2 amide bonds. The number of alkyl halides is 3. The second kappa shape index (κ2) is 8.02. The molecule has 158 valence electrons. The van der Waals surface area contributed by atoms with Crippen molar-refractivity contribution in [3.8, 4) is 0 Å². The lowest BCUT2D eigenvalue weighted by Crippen LogP contribution is -2.44. The number of alkyl carbamates (subject to hydrolysis) is 1. The number of fused-ring (bicyclic) bond motifs is 1. The molecule has 2 rings (SSSR count). The second-order valence-corrected chi connectivity index (χ2v) is 7.27. The Morgan fingerprint density at radius 1 is 1.21 bits per heavy atom. The van der Waals surface area contributed by atoms with Gasteiger partial charge < -0.3 is 25.5 Å². The Bertz CT molecular complexity index is 931. The van der Waals surface area contributed by atoms with Gasteiger partial charge in [0.25, 0.3) is 0 Å². The Balaban J connectivity index is 2.17. The predicted octanol–water partition coefficient (Wildman–Crippen LogP) is 3.19. The largest absolute Gasteiger partial charge is 0.480 e. The number of hydrogen-bond acceptors (Lipinski definition) is 4. The van der Waals surface area contributed by atoms with Crippen LogP contribution >= 0.6 is 0 Å². The third-order valence-corrected chi connectivity index (χ3v) is 3.70. The van der Waals surface area contributed by atoms with Crippen molar-refractivity contribution in [3.05, 3.63) is 30.0 Å².